The van der Waals surface area contributed by atoms with Crippen molar-refractivity contribution in [2.45, 2.75) is 12.8 Å². The molecule has 0 bridgehead atoms. The van der Waals surface area contributed by atoms with Gasteiger partial charge in [0.05, 0.1) is 12.1 Å². The van der Waals surface area contributed by atoms with Crippen molar-refractivity contribution in [3.63, 3.8) is 0 Å². The minimum atomic E-state index is 0.00782. The van der Waals surface area contributed by atoms with E-state index >= 15 is 0 Å². The van der Waals surface area contributed by atoms with Gasteiger partial charge in [0.25, 0.3) is 5.91 Å². The zero-order chi connectivity index (χ0) is 13.9. The maximum absolute atomic E-state index is 12.7. The Hall–Kier alpha value is -2.34. The topological polar surface area (TPSA) is 33.2 Å². The smallest absolute Gasteiger partial charge is 0.255 e. The van der Waals surface area contributed by atoms with Crippen LogP contribution >= 0.6 is 0 Å². The number of amides is 1. The summed E-state index contributed by atoms with van der Waals surface area (Å²) < 4.78 is 0. The lowest BCUT2D eigenvalue weighted by molar-refractivity contribution is 0.0772. The fourth-order valence-electron chi connectivity index (χ4n) is 2.40. The van der Waals surface area contributed by atoms with E-state index in [-0.39, 0.29) is 5.91 Å². The van der Waals surface area contributed by atoms with Gasteiger partial charge in [-0.05, 0) is 37.0 Å². The van der Waals surface area contributed by atoms with Crippen LogP contribution in [0.2, 0.25) is 0 Å². The molecule has 1 fully saturated rings. The Kier molecular flexibility index (Phi) is 3.39. The maximum atomic E-state index is 12.7. The third kappa shape index (κ3) is 2.50. The lowest BCUT2D eigenvalue weighted by atomic mass is 10.1. The van der Waals surface area contributed by atoms with Crippen molar-refractivity contribution in [3.8, 4) is 12.3 Å². The van der Waals surface area contributed by atoms with E-state index in [4.69, 9.17) is 6.42 Å². The Morgan fingerprint density at radius 3 is 2.95 bits per heavy atom. The highest BCUT2D eigenvalue weighted by Crippen LogP contribution is 2.30. The van der Waals surface area contributed by atoms with Gasteiger partial charge < -0.3 is 4.90 Å². The Balaban J connectivity index is 1.95. The van der Waals surface area contributed by atoms with E-state index in [9.17, 15) is 4.79 Å². The van der Waals surface area contributed by atoms with E-state index in [1.807, 2.05) is 30.3 Å². The van der Waals surface area contributed by atoms with Crippen molar-refractivity contribution in [1.82, 2.24) is 9.88 Å². The third-order valence-electron chi connectivity index (χ3n) is 3.62. The van der Waals surface area contributed by atoms with Crippen molar-refractivity contribution in [3.05, 3.63) is 42.1 Å². The van der Waals surface area contributed by atoms with E-state index in [1.54, 1.807) is 11.1 Å². The van der Waals surface area contributed by atoms with Crippen LogP contribution in [0.1, 0.15) is 23.2 Å². The molecule has 1 aromatic heterocycles. The number of hydrogen-bond donors (Lipinski definition) is 0. The number of pyridine rings is 1. The maximum Gasteiger partial charge on any atom is 0.255 e. The molecule has 0 aliphatic heterocycles. The van der Waals surface area contributed by atoms with Crippen molar-refractivity contribution in [2.75, 3.05) is 13.1 Å². The number of rotatable bonds is 4. The van der Waals surface area contributed by atoms with Crippen molar-refractivity contribution in [2.24, 2.45) is 5.92 Å². The van der Waals surface area contributed by atoms with Gasteiger partial charge in [-0.1, -0.05) is 18.1 Å². The van der Waals surface area contributed by atoms with Gasteiger partial charge in [-0.25, -0.2) is 0 Å². The number of carbonyl (C=O) groups is 1. The number of nitrogens with zero attached hydrogens (tertiary/aromatic N) is 2. The first kappa shape index (κ1) is 12.7. The molecule has 100 valence electrons. The number of hydrogen-bond acceptors (Lipinski definition) is 2. The molecule has 3 rings (SSSR count). The van der Waals surface area contributed by atoms with E-state index in [2.05, 4.69) is 10.9 Å². The number of benzene rings is 1. The van der Waals surface area contributed by atoms with Crippen LogP contribution in [0.5, 0.6) is 0 Å². The van der Waals surface area contributed by atoms with Crippen molar-refractivity contribution in [1.29, 1.82) is 0 Å². The quantitative estimate of drug-likeness (QED) is 0.795. The summed E-state index contributed by atoms with van der Waals surface area (Å²) in [6.45, 7) is 1.13. The van der Waals surface area contributed by atoms with Gasteiger partial charge in [0.1, 0.15) is 0 Å². The van der Waals surface area contributed by atoms with Gasteiger partial charge in [0.15, 0.2) is 0 Å². The molecule has 1 amide bonds. The molecule has 2 aromatic rings. The fraction of sp³-hybridized carbons (Fsp3) is 0.294. The summed E-state index contributed by atoms with van der Waals surface area (Å²) in [7, 11) is 0. The third-order valence-corrected chi connectivity index (χ3v) is 3.62. The van der Waals surface area contributed by atoms with Crippen LogP contribution in [-0.2, 0) is 0 Å². The van der Waals surface area contributed by atoms with E-state index < -0.39 is 0 Å². The molecule has 1 saturated carbocycles. The summed E-state index contributed by atoms with van der Waals surface area (Å²) in [5.41, 5.74) is 1.52. The van der Waals surface area contributed by atoms with Gasteiger partial charge >= 0.3 is 0 Å². The first-order valence-corrected chi connectivity index (χ1v) is 6.86. The minimum absolute atomic E-state index is 0.00782. The van der Waals surface area contributed by atoms with Gasteiger partial charge in [-0.3, -0.25) is 9.78 Å². The molecule has 1 aromatic carbocycles. The highest BCUT2D eigenvalue weighted by atomic mass is 16.2. The summed E-state index contributed by atoms with van der Waals surface area (Å²) in [5, 5.41) is 0.887. The number of terminal acetylenes is 1. The van der Waals surface area contributed by atoms with Gasteiger partial charge in [0, 0.05) is 23.7 Å². The molecule has 1 aliphatic rings. The molecule has 1 aliphatic carbocycles. The summed E-state index contributed by atoms with van der Waals surface area (Å²) in [6.07, 6.45) is 9.53. The van der Waals surface area contributed by atoms with Crippen LogP contribution in [0.4, 0.5) is 0 Å². The molecule has 0 unspecified atom stereocenters. The molecular weight excluding hydrogens is 248 g/mol. The second-order valence-electron chi connectivity index (χ2n) is 5.21. The Morgan fingerprint density at radius 1 is 1.35 bits per heavy atom. The Bertz CT molecular complexity index is 677. The normalized spacial score (nSPS) is 13.9. The summed E-state index contributed by atoms with van der Waals surface area (Å²) in [6, 6.07) is 9.42. The second-order valence-corrected chi connectivity index (χ2v) is 5.21. The summed E-state index contributed by atoms with van der Waals surface area (Å²) >= 11 is 0. The number of aromatic nitrogens is 1. The van der Waals surface area contributed by atoms with E-state index in [1.165, 1.54) is 12.8 Å². The molecular formula is C17H16N2O. The highest BCUT2D eigenvalue weighted by molar-refractivity contribution is 6.06. The second kappa shape index (κ2) is 5.34. The fourth-order valence-corrected chi connectivity index (χ4v) is 2.40. The van der Waals surface area contributed by atoms with Crippen molar-refractivity contribution >= 4 is 16.8 Å². The monoisotopic (exact) mass is 264 g/mol. The molecule has 3 nitrogen and oxygen atoms in total. The zero-order valence-electron chi connectivity index (χ0n) is 11.2. The molecule has 0 N–H and O–H groups in total. The summed E-state index contributed by atoms with van der Waals surface area (Å²) in [5.74, 6) is 3.22. The molecule has 0 atom stereocenters. The largest absolute Gasteiger partial charge is 0.327 e. The van der Waals surface area contributed by atoms with E-state index in [0.29, 0.717) is 18.0 Å². The first-order valence-electron chi connectivity index (χ1n) is 6.86. The highest BCUT2D eigenvalue weighted by Gasteiger charge is 2.27. The molecule has 0 radical (unpaired) electrons. The predicted octanol–water partition coefficient (Wildman–Crippen LogP) is 2.72. The average Bonchev–Trinajstić information content (AvgIpc) is 3.29. The van der Waals surface area contributed by atoms with Gasteiger partial charge in [-0.2, -0.15) is 0 Å². The van der Waals surface area contributed by atoms with Gasteiger partial charge in [-0.15, -0.1) is 6.42 Å². The first-order chi connectivity index (χ1) is 9.79. The van der Waals surface area contributed by atoms with E-state index in [0.717, 1.165) is 17.4 Å². The SMILES string of the molecule is C#CCN(CC1CC1)C(=O)c1cccc2ncccc12. The number of carbonyl (C=O) groups excluding carboxylic acids is 1. The molecule has 0 saturated heterocycles. The molecule has 20 heavy (non-hydrogen) atoms. The van der Waals surface area contributed by atoms with Crippen LogP contribution < -0.4 is 0 Å². The minimum Gasteiger partial charge on any atom is -0.327 e. The lowest BCUT2D eigenvalue weighted by Gasteiger charge is -2.20. The molecule has 1 heterocycles. The number of fused-ring (bicyclic) bond motifs is 1. The summed E-state index contributed by atoms with van der Waals surface area (Å²) in [4.78, 5) is 18.8. The standard InChI is InChI=1S/C17H16N2O/c1-2-11-19(12-13-8-9-13)17(20)15-5-3-7-16-14(15)6-4-10-18-16/h1,3-7,10,13H,8-9,11-12H2. The Labute approximate surface area is 118 Å². The molecule has 0 spiro atoms. The lowest BCUT2D eigenvalue weighted by Crippen LogP contribution is -2.33. The molecule has 3 heteroatoms. The zero-order valence-corrected chi connectivity index (χ0v) is 11.2. The van der Waals surface area contributed by atoms with Gasteiger partial charge in [0.2, 0.25) is 0 Å². The van der Waals surface area contributed by atoms with Crippen LogP contribution in [0, 0.1) is 18.3 Å². The van der Waals surface area contributed by atoms with Crippen LogP contribution in [0.3, 0.4) is 0 Å². The average molecular weight is 264 g/mol. The predicted molar refractivity (Wildman–Crippen MR) is 79.2 cm³/mol. The van der Waals surface area contributed by atoms with Crippen molar-refractivity contribution < 1.29 is 4.79 Å². The Morgan fingerprint density at radius 2 is 2.20 bits per heavy atom. The van der Waals surface area contributed by atoms with Crippen LogP contribution in [0.15, 0.2) is 36.5 Å². The van der Waals surface area contributed by atoms with Crippen LogP contribution in [0.25, 0.3) is 10.9 Å². The van der Waals surface area contributed by atoms with Crippen LogP contribution in [-0.4, -0.2) is 28.9 Å².